The molecule has 1 heterocycles. The first-order chi connectivity index (χ1) is 5.38. The molecule has 0 aromatic rings. The van der Waals surface area contributed by atoms with Crippen LogP contribution in [0.4, 0.5) is 0 Å². The molecule has 0 aliphatic carbocycles. The Labute approximate surface area is 66.8 Å². The van der Waals surface area contributed by atoms with Crippen molar-refractivity contribution in [3.63, 3.8) is 0 Å². The maximum Gasteiger partial charge on any atom is 0.0834 e. The lowest BCUT2D eigenvalue weighted by molar-refractivity contribution is 0.318. The summed E-state index contributed by atoms with van der Waals surface area (Å²) in [4.78, 5) is 0. The van der Waals surface area contributed by atoms with Crippen LogP contribution < -0.4 is 5.32 Å². The molecule has 0 fully saturated rings. The second-order valence-corrected chi connectivity index (χ2v) is 2.60. The topological polar surface area (TPSA) is 44.6 Å². The van der Waals surface area contributed by atoms with Crippen LogP contribution in [0.3, 0.4) is 0 Å². The first-order valence-corrected chi connectivity index (χ1v) is 3.99. The van der Waals surface area contributed by atoms with Gasteiger partial charge in [0.05, 0.1) is 5.71 Å². The number of rotatable bonds is 2. The second-order valence-electron chi connectivity index (χ2n) is 2.60. The summed E-state index contributed by atoms with van der Waals surface area (Å²) < 4.78 is 0. The van der Waals surface area contributed by atoms with Crippen molar-refractivity contribution in [2.75, 3.05) is 13.1 Å². The third kappa shape index (κ3) is 2.05. The summed E-state index contributed by atoms with van der Waals surface area (Å²) >= 11 is 0. The average molecular weight is 154 g/mol. The van der Waals surface area contributed by atoms with E-state index in [9.17, 15) is 0 Å². The van der Waals surface area contributed by atoms with Gasteiger partial charge in [-0.2, -0.15) is 0 Å². The van der Waals surface area contributed by atoms with E-state index in [-0.39, 0.29) is 0 Å². The molecule has 1 rings (SSSR count). The molecule has 0 aromatic heterocycles. The third-order valence-electron chi connectivity index (χ3n) is 1.85. The van der Waals surface area contributed by atoms with E-state index in [1.807, 2.05) is 6.92 Å². The lowest BCUT2D eigenvalue weighted by atomic mass is 10.0. The Hall–Kier alpha value is -0.830. The van der Waals surface area contributed by atoms with Gasteiger partial charge >= 0.3 is 0 Å². The van der Waals surface area contributed by atoms with E-state index >= 15 is 0 Å². The predicted octanol–water partition coefficient (Wildman–Crippen LogP) is 1.15. The molecule has 0 saturated carbocycles. The fraction of sp³-hybridized carbons (Fsp3) is 0.625. The molecular weight excluding hydrogens is 140 g/mol. The van der Waals surface area contributed by atoms with Crippen molar-refractivity contribution in [2.45, 2.75) is 19.8 Å². The van der Waals surface area contributed by atoms with Crippen LogP contribution in [0.5, 0.6) is 0 Å². The van der Waals surface area contributed by atoms with Crippen molar-refractivity contribution >= 4 is 5.71 Å². The highest BCUT2D eigenvalue weighted by Crippen LogP contribution is 2.05. The first-order valence-electron chi connectivity index (χ1n) is 3.99. The van der Waals surface area contributed by atoms with Crippen LogP contribution in [0.25, 0.3) is 0 Å². The smallest absolute Gasteiger partial charge is 0.0834 e. The molecule has 1 aliphatic heterocycles. The fourth-order valence-corrected chi connectivity index (χ4v) is 1.23. The third-order valence-corrected chi connectivity index (χ3v) is 1.85. The second kappa shape index (κ2) is 4.13. The van der Waals surface area contributed by atoms with Gasteiger partial charge in [0, 0.05) is 6.54 Å². The van der Waals surface area contributed by atoms with Gasteiger partial charge in [0.25, 0.3) is 0 Å². The van der Waals surface area contributed by atoms with E-state index in [2.05, 4.69) is 16.5 Å². The average Bonchev–Trinajstić information content (AvgIpc) is 2.09. The first kappa shape index (κ1) is 8.27. The lowest BCUT2D eigenvalue weighted by Crippen LogP contribution is -2.25. The molecule has 2 N–H and O–H groups in total. The van der Waals surface area contributed by atoms with E-state index < -0.39 is 0 Å². The minimum Gasteiger partial charge on any atom is -0.411 e. The number of nitrogens with zero attached hydrogens (tertiary/aromatic N) is 1. The van der Waals surface area contributed by atoms with Gasteiger partial charge in [-0.1, -0.05) is 18.2 Å². The van der Waals surface area contributed by atoms with E-state index in [0.29, 0.717) is 0 Å². The number of oxime groups is 1. The van der Waals surface area contributed by atoms with E-state index in [1.165, 1.54) is 0 Å². The SMILES string of the molecule is CCC(=NO)C1=CCCNC1. The minimum atomic E-state index is 0.796. The molecule has 0 saturated heterocycles. The normalized spacial score (nSPS) is 19.7. The zero-order chi connectivity index (χ0) is 8.10. The quantitative estimate of drug-likeness (QED) is 0.356. The van der Waals surface area contributed by atoms with Crippen LogP contribution in [-0.2, 0) is 0 Å². The molecule has 0 radical (unpaired) electrons. The largest absolute Gasteiger partial charge is 0.411 e. The summed E-state index contributed by atoms with van der Waals surface area (Å²) in [7, 11) is 0. The van der Waals surface area contributed by atoms with Gasteiger partial charge in [-0.15, -0.1) is 0 Å². The summed E-state index contributed by atoms with van der Waals surface area (Å²) in [5, 5.41) is 15.1. The molecule has 0 atom stereocenters. The van der Waals surface area contributed by atoms with Gasteiger partial charge < -0.3 is 10.5 Å². The Balaban J connectivity index is 2.63. The van der Waals surface area contributed by atoms with Crippen molar-refractivity contribution in [1.82, 2.24) is 5.32 Å². The van der Waals surface area contributed by atoms with Crippen molar-refractivity contribution in [1.29, 1.82) is 0 Å². The van der Waals surface area contributed by atoms with Crippen molar-refractivity contribution in [2.24, 2.45) is 5.16 Å². The Morgan fingerprint density at radius 3 is 3.09 bits per heavy atom. The van der Waals surface area contributed by atoms with Crippen LogP contribution in [0, 0.1) is 0 Å². The monoisotopic (exact) mass is 154 g/mol. The van der Waals surface area contributed by atoms with Crippen LogP contribution in [0.15, 0.2) is 16.8 Å². The van der Waals surface area contributed by atoms with Crippen LogP contribution >= 0.6 is 0 Å². The molecule has 3 nitrogen and oxygen atoms in total. The molecule has 3 heteroatoms. The molecule has 0 aromatic carbocycles. The van der Waals surface area contributed by atoms with E-state index in [0.717, 1.165) is 37.2 Å². The van der Waals surface area contributed by atoms with E-state index in [1.54, 1.807) is 0 Å². The molecule has 11 heavy (non-hydrogen) atoms. The van der Waals surface area contributed by atoms with Gasteiger partial charge in [0.2, 0.25) is 0 Å². The van der Waals surface area contributed by atoms with Crippen LogP contribution in [-0.4, -0.2) is 24.0 Å². The van der Waals surface area contributed by atoms with E-state index in [4.69, 9.17) is 5.21 Å². The summed E-state index contributed by atoms with van der Waals surface area (Å²) in [5.41, 5.74) is 1.94. The highest BCUT2D eigenvalue weighted by molar-refractivity contribution is 5.99. The summed E-state index contributed by atoms with van der Waals surface area (Å²) in [6.45, 7) is 3.86. The Kier molecular flexibility index (Phi) is 3.11. The maximum absolute atomic E-state index is 8.60. The fourth-order valence-electron chi connectivity index (χ4n) is 1.23. The van der Waals surface area contributed by atoms with Crippen molar-refractivity contribution < 1.29 is 5.21 Å². The van der Waals surface area contributed by atoms with Crippen LogP contribution in [0.2, 0.25) is 0 Å². The summed E-state index contributed by atoms with van der Waals surface area (Å²) in [6.07, 6.45) is 3.97. The zero-order valence-corrected chi connectivity index (χ0v) is 6.80. The molecule has 1 aliphatic rings. The van der Waals surface area contributed by atoms with Gasteiger partial charge in [0.1, 0.15) is 0 Å². The predicted molar refractivity (Wildman–Crippen MR) is 45.1 cm³/mol. The molecule has 0 unspecified atom stereocenters. The molecule has 0 amide bonds. The molecule has 0 bridgehead atoms. The highest BCUT2D eigenvalue weighted by atomic mass is 16.4. The van der Waals surface area contributed by atoms with Crippen molar-refractivity contribution in [3.05, 3.63) is 11.6 Å². The molecule has 62 valence electrons. The summed E-state index contributed by atoms with van der Waals surface area (Å²) in [5.74, 6) is 0. The Morgan fingerprint density at radius 2 is 2.64 bits per heavy atom. The summed E-state index contributed by atoms with van der Waals surface area (Å²) in [6, 6.07) is 0. The minimum absolute atomic E-state index is 0.796. The van der Waals surface area contributed by atoms with Gasteiger partial charge in [-0.25, -0.2) is 0 Å². The Bertz CT molecular complexity index is 185. The zero-order valence-electron chi connectivity index (χ0n) is 6.80. The van der Waals surface area contributed by atoms with Crippen molar-refractivity contribution in [3.8, 4) is 0 Å². The van der Waals surface area contributed by atoms with Gasteiger partial charge in [0.15, 0.2) is 0 Å². The number of hydrogen-bond donors (Lipinski definition) is 2. The van der Waals surface area contributed by atoms with Gasteiger partial charge in [-0.3, -0.25) is 0 Å². The number of nitrogens with one attached hydrogen (secondary N) is 1. The standard InChI is InChI=1S/C8H14N2O/c1-2-8(10-11)7-4-3-5-9-6-7/h4,9,11H,2-3,5-6H2,1H3. The number of hydrogen-bond acceptors (Lipinski definition) is 3. The lowest BCUT2D eigenvalue weighted by Gasteiger charge is -2.13. The highest BCUT2D eigenvalue weighted by Gasteiger charge is 2.07. The van der Waals surface area contributed by atoms with Gasteiger partial charge in [-0.05, 0) is 25.0 Å². The molecule has 0 spiro atoms. The molecular formula is C8H14N2O. The van der Waals surface area contributed by atoms with Crippen LogP contribution in [0.1, 0.15) is 19.8 Å². The maximum atomic E-state index is 8.60. The Morgan fingerprint density at radius 1 is 1.82 bits per heavy atom.